The van der Waals surface area contributed by atoms with Crippen LogP contribution in [0.4, 0.5) is 0 Å². The molecule has 390 valence electrons. The van der Waals surface area contributed by atoms with Gasteiger partial charge in [-0.15, -0.1) is 94.1 Å². The summed E-state index contributed by atoms with van der Waals surface area (Å²) in [5.41, 5.74) is 0. The number of rotatable bonds is 39. The average Bonchev–Trinajstić information content (AvgIpc) is 4.26. The minimum absolute atomic E-state index is 1.11. The fourth-order valence-corrected chi connectivity index (χ4v) is 32.0. The highest BCUT2D eigenvalue weighted by atomic mass is 33.1. The van der Waals surface area contributed by atoms with Gasteiger partial charge in [0.2, 0.25) is 0 Å². The maximum absolute atomic E-state index is 2.29. The first kappa shape index (κ1) is 62.5. The maximum Gasteiger partial charge on any atom is 0.0717 e. The van der Waals surface area contributed by atoms with Crippen LogP contribution in [0.1, 0.15) is 116 Å². The second-order valence-electron chi connectivity index (χ2n) is 16.3. The molecule has 0 saturated heterocycles. The predicted octanol–water partition coefficient (Wildman–Crippen LogP) is 23.5. The van der Waals surface area contributed by atoms with Crippen molar-refractivity contribution in [2.24, 2.45) is 0 Å². The van der Waals surface area contributed by atoms with Crippen LogP contribution in [0.5, 0.6) is 0 Å². The fraction of sp³-hybridized carbons (Fsp3) is 0.600. The standard InChI is InChI=1S/C50H72N2S18/c1-53-39-43(67-47(63-39)49-65-41(55-3)45(69-49)59-35-25-31-51-27-17-18-28-51)57-33-21-13-9-5-7-11-15-23-37-61-62-38-24-16-12-8-6-10-14-22-34-58-44-40(54-2)64-48(68-44)50-66-42(56-4)46(70-50)60-36-26-32-52-29-19-20-30-52/h17-20,27-30H,5-16,21-26,31-38H2,1-4H3/b49-47-,50-48+. The summed E-state index contributed by atoms with van der Waals surface area (Å²) in [6.07, 6.45) is 42.5. The summed E-state index contributed by atoms with van der Waals surface area (Å²) in [5.74, 6) is 7.54. The third kappa shape index (κ3) is 23.6. The Morgan fingerprint density at radius 1 is 0.286 bits per heavy atom. The van der Waals surface area contributed by atoms with Crippen LogP contribution in [0.2, 0.25) is 0 Å². The summed E-state index contributed by atoms with van der Waals surface area (Å²) in [4.78, 5) is 0. The molecule has 6 rings (SSSR count). The number of nitrogens with zero attached hydrogens (tertiary/aromatic N) is 2. The monoisotopic (exact) mass is 1280 g/mol. The van der Waals surface area contributed by atoms with E-state index in [0.717, 1.165) is 13.1 Å². The van der Waals surface area contributed by atoms with Gasteiger partial charge in [0, 0.05) is 60.9 Å². The van der Waals surface area contributed by atoms with Crippen molar-refractivity contribution in [3.63, 3.8) is 0 Å². The second-order valence-corrected chi connectivity index (χ2v) is 38.0. The van der Waals surface area contributed by atoms with E-state index in [9.17, 15) is 0 Å². The topological polar surface area (TPSA) is 9.86 Å². The van der Waals surface area contributed by atoms with Gasteiger partial charge in [-0.3, -0.25) is 0 Å². The molecule has 0 fully saturated rings. The molecule has 0 atom stereocenters. The summed E-state index contributed by atoms with van der Waals surface area (Å²) < 4.78 is 22.7. The lowest BCUT2D eigenvalue weighted by atomic mass is 10.1. The van der Waals surface area contributed by atoms with E-state index in [-0.39, 0.29) is 0 Å². The van der Waals surface area contributed by atoms with E-state index in [2.05, 4.69) is 152 Å². The van der Waals surface area contributed by atoms with Gasteiger partial charge in [-0.1, -0.05) is 193 Å². The van der Waals surface area contributed by atoms with E-state index >= 15 is 0 Å². The largest absolute Gasteiger partial charge is 0.354 e. The predicted molar refractivity (Wildman–Crippen MR) is 364 cm³/mol. The minimum Gasteiger partial charge on any atom is -0.354 e. The van der Waals surface area contributed by atoms with Gasteiger partial charge < -0.3 is 9.13 Å². The Balaban J connectivity index is 0.672. The molecule has 0 unspecified atom stereocenters. The number of thioether (sulfide) groups is 16. The van der Waals surface area contributed by atoms with Crippen LogP contribution in [0, 0.1) is 0 Å². The van der Waals surface area contributed by atoms with Crippen molar-refractivity contribution in [1.29, 1.82) is 0 Å². The van der Waals surface area contributed by atoms with Crippen LogP contribution >= 0.6 is 210 Å². The Morgan fingerprint density at radius 3 is 0.786 bits per heavy atom. The quantitative estimate of drug-likeness (QED) is 0.0464. The first-order valence-corrected chi connectivity index (χ1v) is 42.5. The first-order chi connectivity index (χ1) is 34.6. The highest BCUT2D eigenvalue weighted by Crippen LogP contribution is 2.67. The molecule has 0 radical (unpaired) electrons. The normalized spacial score (nSPS) is 18.7. The van der Waals surface area contributed by atoms with Gasteiger partial charge in [0.15, 0.2) is 0 Å². The first-order valence-electron chi connectivity index (χ1n) is 24.6. The molecule has 4 aliphatic rings. The zero-order valence-corrected chi connectivity index (χ0v) is 55.9. The third-order valence-corrected chi connectivity index (χ3v) is 36.4. The number of aromatic nitrogens is 2. The summed E-state index contributed by atoms with van der Waals surface area (Å²) in [6.45, 7) is 2.21. The highest BCUT2D eigenvalue weighted by molar-refractivity contribution is 8.76. The van der Waals surface area contributed by atoms with Gasteiger partial charge in [-0.25, -0.2) is 0 Å². The number of unbranched alkanes of at least 4 members (excludes halogenated alkanes) is 14. The zero-order chi connectivity index (χ0) is 48.9. The molecule has 20 heteroatoms. The van der Waals surface area contributed by atoms with Gasteiger partial charge in [0.1, 0.15) is 0 Å². The van der Waals surface area contributed by atoms with E-state index in [0.29, 0.717) is 0 Å². The Kier molecular flexibility index (Phi) is 34.7. The summed E-state index contributed by atoms with van der Waals surface area (Å²) in [5, 5.41) is 0. The molecule has 0 amide bonds. The maximum atomic E-state index is 2.29. The molecular formula is C50H72N2S18. The molecule has 6 heterocycles. The van der Waals surface area contributed by atoms with Crippen LogP contribution in [0.3, 0.4) is 0 Å². The average molecular weight is 1280 g/mol. The van der Waals surface area contributed by atoms with Crippen LogP contribution in [-0.2, 0) is 13.1 Å². The van der Waals surface area contributed by atoms with Crippen LogP contribution < -0.4 is 0 Å². The SMILES string of the molecule is CSC1=C(SCCCCCCCCCCSSCCCCCCCCCCSC2=C(SC)S/C(=C3/SC(SC)=C(SCCCn4cccc4)S3)S2)S/C(=C2/SC(SC)=C(SCCCn3cccc3)S2)S1. The summed E-state index contributed by atoms with van der Waals surface area (Å²) >= 11 is 32.3. The fourth-order valence-electron chi connectivity index (χ4n) is 7.23. The Morgan fingerprint density at radius 2 is 0.514 bits per heavy atom. The van der Waals surface area contributed by atoms with E-state index in [1.165, 1.54) is 192 Å². The van der Waals surface area contributed by atoms with Crippen LogP contribution in [0.25, 0.3) is 0 Å². The van der Waals surface area contributed by atoms with E-state index in [1.54, 1.807) is 8.47 Å². The molecular weight excluding hydrogens is 1210 g/mol. The van der Waals surface area contributed by atoms with Gasteiger partial charge in [-0.05, 0) is 99.3 Å². The van der Waals surface area contributed by atoms with E-state index in [1.807, 2.05) is 141 Å². The smallest absolute Gasteiger partial charge is 0.0717 e. The number of hydrogen-bond donors (Lipinski definition) is 0. The summed E-state index contributed by atoms with van der Waals surface area (Å²) in [7, 11) is 4.26. The minimum atomic E-state index is 1.11. The lowest BCUT2D eigenvalue weighted by molar-refractivity contribution is 0.587. The molecule has 0 bridgehead atoms. The molecule has 2 nitrogen and oxygen atoms in total. The molecule has 70 heavy (non-hydrogen) atoms. The Bertz CT molecular complexity index is 1860. The molecule has 0 saturated carbocycles. The molecule has 0 aliphatic carbocycles. The summed E-state index contributed by atoms with van der Waals surface area (Å²) in [6, 6.07) is 8.48. The molecule has 2 aromatic heterocycles. The lowest BCUT2D eigenvalue weighted by Gasteiger charge is -2.05. The molecule has 0 aromatic carbocycles. The van der Waals surface area contributed by atoms with Crippen molar-refractivity contribution in [3.05, 3.63) is 99.9 Å². The van der Waals surface area contributed by atoms with Gasteiger partial charge >= 0.3 is 0 Å². The molecule has 2 aromatic rings. The Labute approximate surface area is 500 Å². The van der Waals surface area contributed by atoms with Gasteiger partial charge in [-0.2, -0.15) is 0 Å². The van der Waals surface area contributed by atoms with Crippen molar-refractivity contribution >= 4 is 210 Å². The molecule has 4 aliphatic heterocycles. The second kappa shape index (κ2) is 38.8. The van der Waals surface area contributed by atoms with Crippen LogP contribution in [-0.4, -0.2) is 68.7 Å². The van der Waals surface area contributed by atoms with E-state index in [4.69, 9.17) is 0 Å². The Hall–Kier alpha value is 3.30. The third-order valence-electron chi connectivity index (χ3n) is 10.9. The van der Waals surface area contributed by atoms with Crippen molar-refractivity contribution < 1.29 is 0 Å². The highest BCUT2D eigenvalue weighted by Gasteiger charge is 2.31. The molecule has 0 N–H and O–H groups in total. The number of hydrogen-bond acceptors (Lipinski definition) is 18. The van der Waals surface area contributed by atoms with Crippen molar-refractivity contribution in [3.8, 4) is 0 Å². The van der Waals surface area contributed by atoms with E-state index < -0.39 is 0 Å². The molecule has 0 spiro atoms. The van der Waals surface area contributed by atoms with Crippen LogP contribution in [0.15, 0.2) is 99.9 Å². The van der Waals surface area contributed by atoms with Gasteiger partial charge in [0.25, 0.3) is 0 Å². The van der Waals surface area contributed by atoms with Crippen molar-refractivity contribution in [2.75, 3.05) is 59.5 Å². The lowest BCUT2D eigenvalue weighted by Crippen LogP contribution is -1.95. The van der Waals surface area contributed by atoms with Crippen molar-refractivity contribution in [1.82, 2.24) is 9.13 Å². The van der Waals surface area contributed by atoms with Crippen molar-refractivity contribution in [2.45, 2.75) is 129 Å². The van der Waals surface area contributed by atoms with Gasteiger partial charge in [0.05, 0.1) is 50.8 Å². The zero-order valence-electron chi connectivity index (χ0n) is 41.2. The number of aryl methyl sites for hydroxylation is 2.